The van der Waals surface area contributed by atoms with E-state index >= 15 is 0 Å². The normalized spacial score (nSPS) is 12.4. The Bertz CT molecular complexity index is 1140. The minimum Gasteiger partial charge on any atom is -0.462 e. The molecule has 0 N–H and O–H groups in total. The Balaban J connectivity index is 4.27. The van der Waals surface area contributed by atoms with Crippen molar-refractivity contribution < 1.29 is 28.6 Å². The molecule has 1 unspecified atom stereocenters. The highest BCUT2D eigenvalue weighted by molar-refractivity contribution is 5.71. The van der Waals surface area contributed by atoms with Crippen LogP contribution in [-0.4, -0.2) is 37.2 Å². The van der Waals surface area contributed by atoms with Crippen LogP contribution in [0.1, 0.15) is 290 Å². The molecule has 0 aromatic heterocycles. The summed E-state index contributed by atoms with van der Waals surface area (Å²) in [4.78, 5) is 38.0. The standard InChI is InChI=1S/C59H106O6/c1-4-7-10-13-16-19-21-23-25-27-29-31-33-35-37-40-43-46-49-52-58(61)64-55-56(54-63-57(60)51-48-45-42-39-18-15-12-9-6-3)65-59(62)53-50-47-44-41-38-36-34-32-30-28-26-24-22-20-17-14-11-8-5-2/h7,10,16,19,23,25,28,30,56H,4-6,8-9,11-15,17-18,20-22,24,26-27,29,31-55H2,1-3H3/b10-7-,19-16-,25-23-,30-28-. The van der Waals surface area contributed by atoms with E-state index in [4.69, 9.17) is 14.2 Å². The zero-order valence-corrected chi connectivity index (χ0v) is 43.3. The van der Waals surface area contributed by atoms with Crippen molar-refractivity contribution in [1.29, 1.82) is 0 Å². The van der Waals surface area contributed by atoms with Crippen LogP contribution in [0.2, 0.25) is 0 Å². The van der Waals surface area contributed by atoms with E-state index in [-0.39, 0.29) is 31.1 Å². The Morgan fingerprint density at radius 2 is 0.600 bits per heavy atom. The lowest BCUT2D eigenvalue weighted by Gasteiger charge is -2.18. The molecular formula is C59H106O6. The smallest absolute Gasteiger partial charge is 0.306 e. The lowest BCUT2D eigenvalue weighted by molar-refractivity contribution is -0.167. The quantitative estimate of drug-likeness (QED) is 0.0262. The van der Waals surface area contributed by atoms with Crippen molar-refractivity contribution in [3.05, 3.63) is 48.6 Å². The van der Waals surface area contributed by atoms with Gasteiger partial charge in [0.2, 0.25) is 0 Å². The predicted molar refractivity (Wildman–Crippen MR) is 279 cm³/mol. The first-order chi connectivity index (χ1) is 32.0. The van der Waals surface area contributed by atoms with Gasteiger partial charge >= 0.3 is 17.9 Å². The summed E-state index contributed by atoms with van der Waals surface area (Å²) in [6, 6.07) is 0. The Morgan fingerprint density at radius 3 is 0.954 bits per heavy atom. The van der Waals surface area contributed by atoms with Gasteiger partial charge in [0.15, 0.2) is 6.10 Å². The van der Waals surface area contributed by atoms with Gasteiger partial charge < -0.3 is 14.2 Å². The molecule has 378 valence electrons. The second kappa shape index (κ2) is 54.0. The van der Waals surface area contributed by atoms with E-state index in [9.17, 15) is 14.4 Å². The molecular weight excluding hydrogens is 805 g/mol. The SMILES string of the molecule is CC/C=C\C/C=C\C/C=C\CCCCCCCCCCCC(=O)OCC(COC(=O)CCCCCCCCCCC)OC(=O)CCCCCCCCC/C=C\CCCCCCCCCC. The van der Waals surface area contributed by atoms with Crippen LogP contribution in [0.15, 0.2) is 48.6 Å². The predicted octanol–water partition coefficient (Wildman–Crippen LogP) is 18.7. The fraction of sp³-hybridized carbons (Fsp3) is 0.814. The number of hydrogen-bond acceptors (Lipinski definition) is 6. The molecule has 0 heterocycles. The first-order valence-corrected chi connectivity index (χ1v) is 28.1. The average molecular weight is 911 g/mol. The van der Waals surface area contributed by atoms with Crippen molar-refractivity contribution in [1.82, 2.24) is 0 Å². The summed E-state index contributed by atoms with van der Waals surface area (Å²) >= 11 is 0. The number of ether oxygens (including phenoxy) is 3. The third-order valence-corrected chi connectivity index (χ3v) is 12.3. The zero-order valence-electron chi connectivity index (χ0n) is 43.3. The third-order valence-electron chi connectivity index (χ3n) is 12.3. The van der Waals surface area contributed by atoms with E-state index in [0.717, 1.165) is 77.0 Å². The highest BCUT2D eigenvalue weighted by Crippen LogP contribution is 2.16. The minimum absolute atomic E-state index is 0.0740. The highest BCUT2D eigenvalue weighted by Gasteiger charge is 2.19. The summed E-state index contributed by atoms with van der Waals surface area (Å²) in [6.07, 6.45) is 65.3. The Hall–Kier alpha value is -2.63. The number of unbranched alkanes of at least 4 members (excludes halogenated alkanes) is 32. The number of rotatable bonds is 51. The molecule has 0 saturated carbocycles. The fourth-order valence-electron chi connectivity index (χ4n) is 8.10. The maximum absolute atomic E-state index is 12.8. The highest BCUT2D eigenvalue weighted by atomic mass is 16.6. The van der Waals surface area contributed by atoms with Gasteiger partial charge in [-0.2, -0.15) is 0 Å². The number of esters is 3. The summed E-state index contributed by atoms with van der Waals surface area (Å²) in [5.41, 5.74) is 0. The van der Waals surface area contributed by atoms with Gasteiger partial charge in [-0.25, -0.2) is 0 Å². The molecule has 0 rings (SSSR count). The topological polar surface area (TPSA) is 78.9 Å². The van der Waals surface area contributed by atoms with Crippen molar-refractivity contribution in [3.63, 3.8) is 0 Å². The van der Waals surface area contributed by atoms with Crippen LogP contribution in [0.5, 0.6) is 0 Å². The van der Waals surface area contributed by atoms with Gasteiger partial charge in [0.1, 0.15) is 13.2 Å². The maximum atomic E-state index is 12.8. The van der Waals surface area contributed by atoms with Crippen molar-refractivity contribution in [2.24, 2.45) is 0 Å². The molecule has 0 aromatic carbocycles. The van der Waals surface area contributed by atoms with Crippen LogP contribution in [0.25, 0.3) is 0 Å². The summed E-state index contributed by atoms with van der Waals surface area (Å²) in [6.45, 7) is 6.53. The molecule has 0 aliphatic carbocycles. The molecule has 0 amide bonds. The Labute approximate surface area is 403 Å². The van der Waals surface area contributed by atoms with Crippen LogP contribution in [-0.2, 0) is 28.6 Å². The van der Waals surface area contributed by atoms with Gasteiger partial charge in [0, 0.05) is 19.3 Å². The van der Waals surface area contributed by atoms with Crippen molar-refractivity contribution in [3.8, 4) is 0 Å². The van der Waals surface area contributed by atoms with Gasteiger partial charge in [0.25, 0.3) is 0 Å². The summed E-state index contributed by atoms with van der Waals surface area (Å²) < 4.78 is 16.8. The van der Waals surface area contributed by atoms with Crippen LogP contribution in [0.4, 0.5) is 0 Å². The third kappa shape index (κ3) is 52.2. The van der Waals surface area contributed by atoms with Crippen LogP contribution >= 0.6 is 0 Å². The number of carbonyl (C=O) groups is 3. The zero-order chi connectivity index (χ0) is 47.2. The summed E-state index contributed by atoms with van der Waals surface area (Å²) in [7, 11) is 0. The monoisotopic (exact) mass is 911 g/mol. The van der Waals surface area contributed by atoms with Crippen LogP contribution < -0.4 is 0 Å². The van der Waals surface area contributed by atoms with Gasteiger partial charge in [-0.3, -0.25) is 14.4 Å². The minimum atomic E-state index is -0.774. The van der Waals surface area contributed by atoms with Gasteiger partial charge in [0.05, 0.1) is 0 Å². The molecule has 0 saturated heterocycles. The molecule has 6 nitrogen and oxygen atoms in total. The molecule has 6 heteroatoms. The molecule has 0 bridgehead atoms. The number of allylic oxidation sites excluding steroid dienone is 8. The molecule has 0 spiro atoms. The van der Waals surface area contributed by atoms with Crippen LogP contribution in [0, 0.1) is 0 Å². The lowest BCUT2D eigenvalue weighted by atomic mass is 10.1. The van der Waals surface area contributed by atoms with E-state index in [1.807, 2.05) is 0 Å². The second-order valence-electron chi connectivity index (χ2n) is 18.8. The molecule has 0 fully saturated rings. The van der Waals surface area contributed by atoms with Gasteiger partial charge in [-0.1, -0.05) is 243 Å². The Morgan fingerprint density at radius 1 is 0.323 bits per heavy atom. The lowest BCUT2D eigenvalue weighted by Crippen LogP contribution is -2.30. The molecule has 0 radical (unpaired) electrons. The molecule has 0 aliphatic rings. The summed E-state index contributed by atoms with van der Waals surface area (Å²) in [5.74, 6) is -0.875. The van der Waals surface area contributed by atoms with Crippen molar-refractivity contribution >= 4 is 17.9 Å². The van der Waals surface area contributed by atoms with E-state index in [1.165, 1.54) is 173 Å². The largest absolute Gasteiger partial charge is 0.462 e. The average Bonchev–Trinajstić information content (AvgIpc) is 3.30. The van der Waals surface area contributed by atoms with E-state index in [2.05, 4.69) is 69.4 Å². The molecule has 1 atom stereocenters. The Kier molecular flexibility index (Phi) is 51.8. The first kappa shape index (κ1) is 62.4. The fourth-order valence-corrected chi connectivity index (χ4v) is 8.10. The second-order valence-corrected chi connectivity index (χ2v) is 18.8. The van der Waals surface area contributed by atoms with Gasteiger partial charge in [-0.15, -0.1) is 0 Å². The number of carbonyl (C=O) groups excluding carboxylic acids is 3. The number of hydrogen-bond donors (Lipinski definition) is 0. The van der Waals surface area contributed by atoms with Crippen LogP contribution in [0.3, 0.4) is 0 Å². The van der Waals surface area contributed by atoms with E-state index in [0.29, 0.717) is 19.3 Å². The summed E-state index contributed by atoms with van der Waals surface area (Å²) in [5, 5.41) is 0. The van der Waals surface area contributed by atoms with E-state index < -0.39 is 6.10 Å². The first-order valence-electron chi connectivity index (χ1n) is 28.1. The van der Waals surface area contributed by atoms with E-state index in [1.54, 1.807) is 0 Å². The molecule has 65 heavy (non-hydrogen) atoms. The van der Waals surface area contributed by atoms with Crippen molar-refractivity contribution in [2.75, 3.05) is 13.2 Å². The maximum Gasteiger partial charge on any atom is 0.306 e. The van der Waals surface area contributed by atoms with Gasteiger partial charge in [-0.05, 0) is 77.0 Å². The molecule has 0 aliphatic heterocycles. The van der Waals surface area contributed by atoms with Crippen molar-refractivity contribution in [2.45, 2.75) is 297 Å². The molecule has 0 aromatic rings.